The third-order valence-corrected chi connectivity index (χ3v) is 4.67. The van der Waals surface area contributed by atoms with Gasteiger partial charge in [-0.2, -0.15) is 0 Å². The number of rotatable bonds is 8. The standard InChI is InChI=1S/C21H24N2O7/c1-4-14-17(19(24)28-5-2)15(23-21(26)22-14)11-29-20(25)18-13(10-27-3)12-8-6-7-9-16(12)30-18/h6-9,14H,4-5,10-11H2,1-3H3,(H2,22,23,26)/t14-/m1/s1. The van der Waals surface area contributed by atoms with Gasteiger partial charge in [-0.05, 0) is 19.4 Å². The second-order valence-corrected chi connectivity index (χ2v) is 6.59. The Bertz CT molecular complexity index is 992. The van der Waals surface area contributed by atoms with Gasteiger partial charge in [0.15, 0.2) is 0 Å². The summed E-state index contributed by atoms with van der Waals surface area (Å²) in [5, 5.41) is 5.95. The fourth-order valence-corrected chi connectivity index (χ4v) is 3.33. The lowest BCUT2D eigenvalue weighted by Crippen LogP contribution is -2.51. The summed E-state index contributed by atoms with van der Waals surface area (Å²) in [7, 11) is 1.52. The third kappa shape index (κ3) is 4.30. The number of esters is 2. The van der Waals surface area contributed by atoms with Crippen LogP contribution in [0.1, 0.15) is 36.4 Å². The average Bonchev–Trinajstić information content (AvgIpc) is 3.10. The van der Waals surface area contributed by atoms with E-state index in [1.165, 1.54) is 7.11 Å². The van der Waals surface area contributed by atoms with Gasteiger partial charge >= 0.3 is 18.0 Å². The number of para-hydroxylation sites is 1. The van der Waals surface area contributed by atoms with E-state index in [1.807, 2.05) is 19.1 Å². The molecule has 0 bridgehead atoms. The number of hydrogen-bond donors (Lipinski definition) is 2. The highest BCUT2D eigenvalue weighted by atomic mass is 16.5. The van der Waals surface area contributed by atoms with Crippen molar-refractivity contribution in [3.05, 3.63) is 46.9 Å². The molecule has 2 N–H and O–H groups in total. The molecule has 160 valence electrons. The first kappa shape index (κ1) is 21.4. The Hall–Kier alpha value is -3.33. The van der Waals surface area contributed by atoms with Crippen molar-refractivity contribution in [2.45, 2.75) is 32.9 Å². The number of methoxy groups -OCH3 is 1. The number of benzene rings is 1. The van der Waals surface area contributed by atoms with Gasteiger partial charge in [-0.25, -0.2) is 14.4 Å². The van der Waals surface area contributed by atoms with Crippen molar-refractivity contribution in [1.29, 1.82) is 0 Å². The van der Waals surface area contributed by atoms with Crippen molar-refractivity contribution in [3.63, 3.8) is 0 Å². The van der Waals surface area contributed by atoms with Crippen molar-refractivity contribution in [2.24, 2.45) is 0 Å². The molecule has 1 aliphatic rings. The lowest BCUT2D eigenvalue weighted by Gasteiger charge is -2.28. The molecule has 0 fully saturated rings. The van der Waals surface area contributed by atoms with Gasteiger partial charge in [0.05, 0.1) is 30.5 Å². The summed E-state index contributed by atoms with van der Waals surface area (Å²) in [6.45, 7) is 3.54. The second kappa shape index (κ2) is 9.45. The predicted octanol–water partition coefficient (Wildman–Crippen LogP) is 2.64. The summed E-state index contributed by atoms with van der Waals surface area (Å²) in [6.07, 6.45) is 0.473. The van der Waals surface area contributed by atoms with E-state index in [9.17, 15) is 14.4 Å². The molecule has 30 heavy (non-hydrogen) atoms. The first-order chi connectivity index (χ1) is 14.5. The van der Waals surface area contributed by atoms with Crippen LogP contribution in [0.5, 0.6) is 0 Å². The van der Waals surface area contributed by atoms with Gasteiger partial charge < -0.3 is 29.3 Å². The number of fused-ring (bicyclic) bond motifs is 1. The number of hydrogen-bond acceptors (Lipinski definition) is 7. The van der Waals surface area contributed by atoms with Crippen LogP contribution in [0.15, 0.2) is 40.0 Å². The number of furan rings is 1. The molecule has 0 aliphatic carbocycles. The van der Waals surface area contributed by atoms with E-state index in [1.54, 1.807) is 19.1 Å². The predicted molar refractivity (Wildman–Crippen MR) is 107 cm³/mol. The number of carbonyl (C=O) groups is 3. The number of urea groups is 1. The molecule has 0 unspecified atom stereocenters. The zero-order valence-electron chi connectivity index (χ0n) is 17.1. The molecule has 9 nitrogen and oxygen atoms in total. The van der Waals surface area contributed by atoms with Crippen molar-refractivity contribution in [2.75, 3.05) is 20.3 Å². The van der Waals surface area contributed by atoms with E-state index in [2.05, 4.69) is 10.6 Å². The van der Waals surface area contributed by atoms with Gasteiger partial charge in [0, 0.05) is 18.1 Å². The zero-order valence-corrected chi connectivity index (χ0v) is 17.1. The number of nitrogens with one attached hydrogen (secondary N) is 2. The number of carbonyl (C=O) groups excluding carboxylic acids is 3. The first-order valence-electron chi connectivity index (χ1n) is 9.64. The fourth-order valence-electron chi connectivity index (χ4n) is 3.33. The van der Waals surface area contributed by atoms with Crippen LogP contribution in [0.4, 0.5) is 4.79 Å². The van der Waals surface area contributed by atoms with Crippen LogP contribution in [0.25, 0.3) is 11.0 Å². The maximum Gasteiger partial charge on any atom is 0.375 e. The molecular formula is C21H24N2O7. The quantitative estimate of drug-likeness (QED) is 0.636. The lowest BCUT2D eigenvalue weighted by molar-refractivity contribution is -0.139. The van der Waals surface area contributed by atoms with Gasteiger partial charge in [0.2, 0.25) is 5.76 Å². The molecule has 0 saturated carbocycles. The van der Waals surface area contributed by atoms with Crippen molar-refractivity contribution < 1.29 is 33.0 Å². The Morgan fingerprint density at radius 3 is 2.57 bits per heavy atom. The monoisotopic (exact) mass is 416 g/mol. The van der Waals surface area contributed by atoms with Gasteiger partial charge in [-0.15, -0.1) is 0 Å². The molecule has 1 aromatic carbocycles. The highest BCUT2D eigenvalue weighted by Gasteiger charge is 2.32. The van der Waals surface area contributed by atoms with Crippen LogP contribution in [0.2, 0.25) is 0 Å². The minimum absolute atomic E-state index is 0.0173. The van der Waals surface area contributed by atoms with E-state index in [0.717, 1.165) is 5.39 Å². The van der Waals surface area contributed by atoms with Crippen LogP contribution in [-0.2, 0) is 25.6 Å². The van der Waals surface area contributed by atoms with E-state index in [-0.39, 0.29) is 36.9 Å². The van der Waals surface area contributed by atoms with Crippen LogP contribution in [0, 0.1) is 0 Å². The molecule has 9 heteroatoms. The Morgan fingerprint density at radius 1 is 1.10 bits per heavy atom. The molecule has 0 saturated heterocycles. The molecule has 3 rings (SSSR count). The number of ether oxygens (including phenoxy) is 3. The average molecular weight is 416 g/mol. The topological polar surface area (TPSA) is 116 Å². The number of amides is 2. The summed E-state index contributed by atoms with van der Waals surface area (Å²) in [4.78, 5) is 37.1. The summed E-state index contributed by atoms with van der Waals surface area (Å²) in [6, 6.07) is 6.17. The van der Waals surface area contributed by atoms with E-state index < -0.39 is 24.0 Å². The molecule has 2 heterocycles. The first-order valence-corrected chi connectivity index (χ1v) is 9.64. The van der Waals surface area contributed by atoms with Crippen molar-refractivity contribution >= 4 is 28.9 Å². The highest BCUT2D eigenvalue weighted by molar-refractivity contribution is 5.97. The minimum Gasteiger partial charge on any atom is -0.463 e. The molecule has 0 spiro atoms. The van der Waals surface area contributed by atoms with Gasteiger partial charge in [0.25, 0.3) is 0 Å². The zero-order chi connectivity index (χ0) is 21.7. The Kier molecular flexibility index (Phi) is 6.73. The Morgan fingerprint density at radius 2 is 1.87 bits per heavy atom. The molecule has 0 radical (unpaired) electrons. The molecule has 2 amide bonds. The molecule has 1 aromatic heterocycles. The second-order valence-electron chi connectivity index (χ2n) is 6.59. The summed E-state index contributed by atoms with van der Waals surface area (Å²) < 4.78 is 21.3. The maximum absolute atomic E-state index is 12.7. The molecular weight excluding hydrogens is 392 g/mol. The third-order valence-electron chi connectivity index (χ3n) is 4.67. The van der Waals surface area contributed by atoms with Gasteiger partial charge in [-0.1, -0.05) is 25.1 Å². The van der Waals surface area contributed by atoms with Crippen molar-refractivity contribution in [3.8, 4) is 0 Å². The Balaban J connectivity index is 1.88. The van der Waals surface area contributed by atoms with Gasteiger partial charge in [-0.3, -0.25) is 0 Å². The smallest absolute Gasteiger partial charge is 0.375 e. The Labute approximate surface area is 173 Å². The molecule has 2 aromatic rings. The van der Waals surface area contributed by atoms with E-state index in [0.29, 0.717) is 17.6 Å². The molecule has 1 aliphatic heterocycles. The minimum atomic E-state index is -0.727. The van der Waals surface area contributed by atoms with E-state index in [4.69, 9.17) is 18.6 Å². The van der Waals surface area contributed by atoms with Crippen LogP contribution < -0.4 is 10.6 Å². The summed E-state index contributed by atoms with van der Waals surface area (Å²) in [5.74, 6) is -1.29. The maximum atomic E-state index is 12.7. The van der Waals surface area contributed by atoms with Crippen LogP contribution in [-0.4, -0.2) is 44.3 Å². The lowest BCUT2D eigenvalue weighted by atomic mass is 10.0. The normalized spacial score (nSPS) is 16.2. The fraction of sp³-hybridized carbons (Fsp3) is 0.381. The van der Waals surface area contributed by atoms with Crippen LogP contribution >= 0.6 is 0 Å². The molecule has 1 atom stereocenters. The summed E-state index contributed by atoms with van der Waals surface area (Å²) >= 11 is 0. The highest BCUT2D eigenvalue weighted by Crippen LogP contribution is 2.27. The van der Waals surface area contributed by atoms with Gasteiger partial charge in [0.1, 0.15) is 12.2 Å². The van der Waals surface area contributed by atoms with E-state index >= 15 is 0 Å². The largest absolute Gasteiger partial charge is 0.463 e. The SMILES string of the molecule is CCOC(=O)C1=C(COC(=O)c2oc3ccccc3c2COC)NC(=O)N[C@@H]1CC. The summed E-state index contributed by atoms with van der Waals surface area (Å²) in [5.41, 5.74) is 1.51. The van der Waals surface area contributed by atoms with Crippen LogP contribution in [0.3, 0.4) is 0 Å². The van der Waals surface area contributed by atoms with Crippen molar-refractivity contribution in [1.82, 2.24) is 10.6 Å².